The summed E-state index contributed by atoms with van der Waals surface area (Å²) in [5.41, 5.74) is 2.12. The van der Waals surface area contributed by atoms with E-state index in [4.69, 9.17) is 4.98 Å². The Morgan fingerprint density at radius 3 is 2.96 bits per heavy atom. The van der Waals surface area contributed by atoms with E-state index >= 15 is 0 Å². The molecular weight excluding hydrogens is 316 g/mol. The van der Waals surface area contributed by atoms with Gasteiger partial charge in [0, 0.05) is 50.2 Å². The Morgan fingerprint density at radius 2 is 2.24 bits per heavy atom. The number of carbonyl (C=O) groups is 1. The molecule has 1 fully saturated rings. The molecule has 0 unspecified atom stereocenters. The number of rotatable bonds is 6. The number of aromatic nitrogens is 4. The van der Waals surface area contributed by atoms with Gasteiger partial charge in [-0.3, -0.25) is 4.79 Å². The van der Waals surface area contributed by atoms with Gasteiger partial charge in [0.2, 0.25) is 5.91 Å². The molecule has 7 heteroatoms. The van der Waals surface area contributed by atoms with Crippen molar-refractivity contribution in [1.82, 2.24) is 29.3 Å². The van der Waals surface area contributed by atoms with Crippen molar-refractivity contribution < 1.29 is 4.79 Å². The number of hydrogen-bond acceptors (Lipinski definition) is 5. The summed E-state index contributed by atoms with van der Waals surface area (Å²) >= 11 is 0. The van der Waals surface area contributed by atoms with Crippen LogP contribution in [0.4, 0.5) is 0 Å². The summed E-state index contributed by atoms with van der Waals surface area (Å²) in [7, 11) is 4.07. The third-order valence-electron chi connectivity index (χ3n) is 4.54. The summed E-state index contributed by atoms with van der Waals surface area (Å²) in [6.07, 6.45) is 9.75. The van der Waals surface area contributed by atoms with Crippen LogP contribution >= 0.6 is 0 Å². The lowest BCUT2D eigenvalue weighted by atomic mass is 10.1. The minimum absolute atomic E-state index is 0.0620. The molecule has 1 aliphatic rings. The van der Waals surface area contributed by atoms with E-state index < -0.39 is 0 Å². The zero-order valence-electron chi connectivity index (χ0n) is 15.2. The fourth-order valence-electron chi connectivity index (χ4n) is 3.40. The Kier molecular flexibility index (Phi) is 5.43. The number of aryl methyl sites for hydroxylation is 2. The van der Waals surface area contributed by atoms with Crippen LogP contribution in [0.1, 0.15) is 42.4 Å². The largest absolute Gasteiger partial charge is 0.337 e. The van der Waals surface area contributed by atoms with Crippen LogP contribution in [0.3, 0.4) is 0 Å². The summed E-state index contributed by atoms with van der Waals surface area (Å²) in [6.45, 7) is 4.15. The van der Waals surface area contributed by atoms with Crippen LogP contribution in [0.25, 0.3) is 0 Å². The molecule has 25 heavy (non-hydrogen) atoms. The molecular formula is C18H26N6O. The van der Waals surface area contributed by atoms with Crippen molar-refractivity contribution in [1.29, 1.82) is 0 Å². The zero-order valence-corrected chi connectivity index (χ0v) is 15.2. The highest BCUT2D eigenvalue weighted by atomic mass is 16.2. The molecule has 3 heterocycles. The minimum atomic E-state index is 0.0620. The first kappa shape index (κ1) is 17.5. The van der Waals surface area contributed by atoms with Gasteiger partial charge in [-0.05, 0) is 33.9 Å². The van der Waals surface area contributed by atoms with E-state index in [0.717, 1.165) is 43.0 Å². The molecule has 134 valence electrons. The summed E-state index contributed by atoms with van der Waals surface area (Å²) in [4.78, 5) is 30.0. The number of nitrogens with zero attached hydrogens (tertiary/aromatic N) is 6. The normalized spacial score (nSPS) is 17.4. The molecule has 7 nitrogen and oxygen atoms in total. The van der Waals surface area contributed by atoms with Crippen LogP contribution in [0.15, 0.2) is 24.9 Å². The van der Waals surface area contributed by atoms with Gasteiger partial charge < -0.3 is 14.4 Å². The summed E-state index contributed by atoms with van der Waals surface area (Å²) in [5, 5.41) is 0. The average molecular weight is 342 g/mol. The SMILES string of the molecule is Cc1ncc(CN(C)C)c([C@@H]2CCCN2C(=O)CCn2ccnc2)n1. The van der Waals surface area contributed by atoms with Crippen LogP contribution in [0.5, 0.6) is 0 Å². The lowest BCUT2D eigenvalue weighted by Crippen LogP contribution is -2.32. The van der Waals surface area contributed by atoms with E-state index in [-0.39, 0.29) is 11.9 Å². The topological polar surface area (TPSA) is 67.2 Å². The number of likely N-dealkylation sites (tertiary alicyclic amines) is 1. The van der Waals surface area contributed by atoms with Gasteiger partial charge >= 0.3 is 0 Å². The molecule has 0 aromatic carbocycles. The molecule has 1 amide bonds. The van der Waals surface area contributed by atoms with Gasteiger partial charge in [0.05, 0.1) is 18.1 Å². The second kappa shape index (κ2) is 7.74. The van der Waals surface area contributed by atoms with E-state index in [1.165, 1.54) is 0 Å². The third-order valence-corrected chi connectivity index (χ3v) is 4.54. The van der Waals surface area contributed by atoms with Crippen LogP contribution in [-0.4, -0.2) is 55.9 Å². The first-order chi connectivity index (χ1) is 12.0. The van der Waals surface area contributed by atoms with Gasteiger partial charge in [-0.2, -0.15) is 0 Å². The number of carbonyl (C=O) groups excluding carboxylic acids is 1. The Morgan fingerprint density at radius 1 is 1.40 bits per heavy atom. The standard InChI is InChI=1S/C18H26N6O/c1-14-20-11-15(12-22(2)3)18(21-14)16-5-4-8-24(16)17(25)6-9-23-10-7-19-13-23/h7,10-11,13,16H,4-6,8-9,12H2,1-3H3/t16-/m0/s1. The van der Waals surface area contributed by atoms with E-state index in [2.05, 4.69) is 14.9 Å². The third kappa shape index (κ3) is 4.22. The summed E-state index contributed by atoms with van der Waals surface area (Å²) in [6, 6.07) is 0.0620. The van der Waals surface area contributed by atoms with Gasteiger partial charge in [-0.25, -0.2) is 15.0 Å². The monoisotopic (exact) mass is 342 g/mol. The molecule has 2 aromatic heterocycles. The van der Waals surface area contributed by atoms with Crippen molar-refractivity contribution in [3.05, 3.63) is 42.0 Å². The maximum Gasteiger partial charge on any atom is 0.224 e. The molecule has 0 saturated carbocycles. The van der Waals surface area contributed by atoms with Crippen LogP contribution in [0, 0.1) is 6.92 Å². The van der Waals surface area contributed by atoms with E-state index in [1.54, 1.807) is 12.5 Å². The van der Waals surface area contributed by atoms with Crippen LogP contribution in [0.2, 0.25) is 0 Å². The molecule has 2 aromatic rings. The van der Waals surface area contributed by atoms with Crippen molar-refractivity contribution >= 4 is 5.91 Å². The van der Waals surface area contributed by atoms with Gasteiger partial charge in [-0.15, -0.1) is 0 Å². The molecule has 0 spiro atoms. The van der Waals surface area contributed by atoms with E-state index in [9.17, 15) is 4.79 Å². The Hall–Kier alpha value is -2.28. The molecule has 1 atom stereocenters. The summed E-state index contributed by atoms with van der Waals surface area (Å²) < 4.78 is 1.94. The van der Waals surface area contributed by atoms with Gasteiger partial charge in [-0.1, -0.05) is 0 Å². The molecule has 0 aliphatic carbocycles. The lowest BCUT2D eigenvalue weighted by molar-refractivity contribution is -0.132. The predicted octanol–water partition coefficient (Wildman–Crippen LogP) is 1.80. The number of imidazole rings is 1. The lowest BCUT2D eigenvalue weighted by Gasteiger charge is -2.27. The second-order valence-electron chi connectivity index (χ2n) is 6.86. The van der Waals surface area contributed by atoms with Crippen molar-refractivity contribution in [3.8, 4) is 0 Å². The number of hydrogen-bond donors (Lipinski definition) is 0. The van der Waals surface area contributed by atoms with Gasteiger partial charge in [0.25, 0.3) is 0 Å². The van der Waals surface area contributed by atoms with Crippen molar-refractivity contribution in [2.24, 2.45) is 0 Å². The number of amides is 1. The van der Waals surface area contributed by atoms with Crippen molar-refractivity contribution in [3.63, 3.8) is 0 Å². The minimum Gasteiger partial charge on any atom is -0.337 e. The first-order valence-corrected chi connectivity index (χ1v) is 8.77. The average Bonchev–Trinajstić information content (AvgIpc) is 3.25. The zero-order chi connectivity index (χ0) is 17.8. The first-order valence-electron chi connectivity index (χ1n) is 8.77. The highest BCUT2D eigenvalue weighted by Gasteiger charge is 2.32. The molecule has 0 bridgehead atoms. The van der Waals surface area contributed by atoms with Crippen LogP contribution < -0.4 is 0 Å². The molecule has 3 rings (SSSR count). The smallest absolute Gasteiger partial charge is 0.224 e. The Balaban J connectivity index is 1.76. The molecule has 1 aliphatic heterocycles. The van der Waals surface area contributed by atoms with Crippen molar-refractivity contribution in [2.75, 3.05) is 20.6 Å². The van der Waals surface area contributed by atoms with Gasteiger partial charge in [0.1, 0.15) is 5.82 Å². The molecule has 1 saturated heterocycles. The van der Waals surface area contributed by atoms with E-state index in [1.807, 2.05) is 42.9 Å². The Labute approximate surface area is 148 Å². The maximum atomic E-state index is 12.8. The fraction of sp³-hybridized carbons (Fsp3) is 0.556. The van der Waals surface area contributed by atoms with E-state index in [0.29, 0.717) is 13.0 Å². The predicted molar refractivity (Wildman–Crippen MR) is 94.7 cm³/mol. The fourth-order valence-corrected chi connectivity index (χ4v) is 3.40. The molecule has 0 radical (unpaired) electrons. The maximum absolute atomic E-state index is 12.8. The van der Waals surface area contributed by atoms with Crippen molar-refractivity contribution in [2.45, 2.75) is 45.3 Å². The van der Waals surface area contributed by atoms with Crippen LogP contribution in [-0.2, 0) is 17.9 Å². The van der Waals surface area contributed by atoms with Gasteiger partial charge in [0.15, 0.2) is 0 Å². The Bertz CT molecular complexity index is 712. The highest BCUT2D eigenvalue weighted by Crippen LogP contribution is 2.33. The quantitative estimate of drug-likeness (QED) is 0.801. The second-order valence-corrected chi connectivity index (χ2v) is 6.86. The molecule has 0 N–H and O–H groups in total. The highest BCUT2D eigenvalue weighted by molar-refractivity contribution is 5.77. The summed E-state index contributed by atoms with van der Waals surface area (Å²) in [5.74, 6) is 0.943.